The summed E-state index contributed by atoms with van der Waals surface area (Å²) in [5.41, 5.74) is 2.69. The Labute approximate surface area is 146 Å². The summed E-state index contributed by atoms with van der Waals surface area (Å²) in [5.74, 6) is -0.476. The number of carbonyl (C=O) groups excluding carboxylic acids is 2. The van der Waals surface area contributed by atoms with Gasteiger partial charge in [0.25, 0.3) is 5.91 Å². The summed E-state index contributed by atoms with van der Waals surface area (Å²) < 4.78 is 7.35. The Balaban J connectivity index is 1.70. The number of hydrogen-bond acceptors (Lipinski definition) is 4. The number of hydrogen-bond donors (Lipinski definition) is 2. The van der Waals surface area contributed by atoms with Crippen molar-refractivity contribution < 1.29 is 14.3 Å². The molecule has 0 aliphatic carbocycles. The zero-order valence-corrected chi connectivity index (χ0v) is 14.4. The summed E-state index contributed by atoms with van der Waals surface area (Å²) in [7, 11) is 0. The highest BCUT2D eigenvalue weighted by Gasteiger charge is 2.35. The summed E-state index contributed by atoms with van der Waals surface area (Å²) >= 11 is 0. The quantitative estimate of drug-likeness (QED) is 0.852. The van der Waals surface area contributed by atoms with E-state index in [0.29, 0.717) is 6.54 Å². The molecule has 1 fully saturated rings. The average Bonchev–Trinajstić information content (AvgIpc) is 3.00. The van der Waals surface area contributed by atoms with Gasteiger partial charge in [-0.3, -0.25) is 14.3 Å². The first-order chi connectivity index (χ1) is 12.1. The molecule has 0 unspecified atom stereocenters. The third-order valence-corrected chi connectivity index (χ3v) is 4.26. The largest absolute Gasteiger partial charge is 0.356 e. The van der Waals surface area contributed by atoms with Gasteiger partial charge in [-0.2, -0.15) is 5.10 Å². The summed E-state index contributed by atoms with van der Waals surface area (Å²) in [5, 5.41) is 10.1. The van der Waals surface area contributed by atoms with E-state index in [4.69, 9.17) is 4.74 Å². The lowest BCUT2D eigenvalue weighted by Gasteiger charge is -2.31. The van der Waals surface area contributed by atoms with Gasteiger partial charge in [0.2, 0.25) is 5.91 Å². The van der Waals surface area contributed by atoms with Crippen LogP contribution < -0.4 is 10.6 Å². The molecule has 0 bridgehead atoms. The van der Waals surface area contributed by atoms with Gasteiger partial charge in [-0.25, -0.2) is 0 Å². The van der Waals surface area contributed by atoms with E-state index in [-0.39, 0.29) is 18.4 Å². The lowest BCUT2D eigenvalue weighted by Crippen LogP contribution is -2.52. The van der Waals surface area contributed by atoms with Crippen LogP contribution in [0.15, 0.2) is 36.5 Å². The Bertz CT molecular complexity index is 757. The predicted molar refractivity (Wildman–Crippen MR) is 91.6 cm³/mol. The van der Waals surface area contributed by atoms with Crippen molar-refractivity contribution in [2.24, 2.45) is 0 Å². The lowest BCUT2D eigenvalue weighted by molar-refractivity contribution is -0.148. The summed E-state index contributed by atoms with van der Waals surface area (Å²) in [4.78, 5) is 24.3. The molecule has 1 aromatic carbocycles. The van der Waals surface area contributed by atoms with Crippen molar-refractivity contribution in [3.8, 4) is 0 Å². The maximum absolute atomic E-state index is 12.6. The molecule has 2 N–H and O–H groups in total. The highest BCUT2D eigenvalue weighted by Crippen LogP contribution is 2.22. The van der Waals surface area contributed by atoms with Crippen LogP contribution in [0.1, 0.15) is 29.8 Å². The standard InChI is InChI=1S/C18H22N4O3/c1-3-22-10-14(12(2)21-22)9-19-18(24)17-16(20-15(23)11-25-17)13-7-5-4-6-8-13/h4-8,10,16-17H,3,9,11H2,1-2H3,(H,19,24)(H,20,23)/t16-,17+/m1/s1. The van der Waals surface area contributed by atoms with Crippen molar-refractivity contribution in [2.45, 2.75) is 39.1 Å². The molecule has 2 atom stereocenters. The van der Waals surface area contributed by atoms with Crippen molar-refractivity contribution in [3.63, 3.8) is 0 Å². The number of aromatic nitrogens is 2. The molecule has 7 heteroatoms. The number of carbonyl (C=O) groups is 2. The van der Waals surface area contributed by atoms with Gasteiger partial charge in [-0.1, -0.05) is 30.3 Å². The fourth-order valence-corrected chi connectivity index (χ4v) is 2.88. The highest BCUT2D eigenvalue weighted by molar-refractivity contribution is 5.86. The zero-order chi connectivity index (χ0) is 17.8. The molecule has 2 amide bonds. The van der Waals surface area contributed by atoms with Crippen LogP contribution in [0.4, 0.5) is 0 Å². The van der Waals surface area contributed by atoms with Crippen LogP contribution in [0.25, 0.3) is 0 Å². The van der Waals surface area contributed by atoms with Crippen molar-refractivity contribution in [1.82, 2.24) is 20.4 Å². The SMILES string of the molecule is CCn1cc(CNC(=O)[C@H]2OCC(=O)N[C@@H]2c2ccccc2)c(C)n1. The van der Waals surface area contributed by atoms with Crippen LogP contribution in [0, 0.1) is 6.92 Å². The van der Waals surface area contributed by atoms with Crippen LogP contribution in [0.2, 0.25) is 0 Å². The third kappa shape index (κ3) is 3.88. The molecule has 2 heterocycles. The Kier molecular flexibility index (Phi) is 5.14. The van der Waals surface area contributed by atoms with Crippen LogP contribution in [-0.2, 0) is 27.4 Å². The van der Waals surface area contributed by atoms with Crippen molar-refractivity contribution >= 4 is 11.8 Å². The minimum Gasteiger partial charge on any atom is -0.356 e. The monoisotopic (exact) mass is 342 g/mol. The van der Waals surface area contributed by atoms with E-state index < -0.39 is 12.1 Å². The molecule has 132 valence electrons. The van der Waals surface area contributed by atoms with Crippen molar-refractivity contribution in [3.05, 3.63) is 53.3 Å². The number of benzene rings is 1. The first-order valence-corrected chi connectivity index (χ1v) is 8.35. The predicted octanol–water partition coefficient (Wildman–Crippen LogP) is 1.08. The molecule has 2 aromatic rings. The molecule has 3 rings (SSSR count). The average molecular weight is 342 g/mol. The fraction of sp³-hybridized carbons (Fsp3) is 0.389. The number of ether oxygens (including phenoxy) is 1. The number of aryl methyl sites for hydroxylation is 2. The van der Waals surface area contributed by atoms with Crippen molar-refractivity contribution in [2.75, 3.05) is 6.61 Å². The van der Waals surface area contributed by atoms with E-state index >= 15 is 0 Å². The molecule has 1 aromatic heterocycles. The van der Waals surface area contributed by atoms with Gasteiger partial charge in [-0.15, -0.1) is 0 Å². The van der Waals surface area contributed by atoms with Gasteiger partial charge in [-0.05, 0) is 19.4 Å². The van der Waals surface area contributed by atoms with Gasteiger partial charge >= 0.3 is 0 Å². The molecule has 1 aliphatic heterocycles. The maximum atomic E-state index is 12.6. The normalized spacial score (nSPS) is 20.2. The van der Waals surface area contributed by atoms with Crippen LogP contribution in [0.3, 0.4) is 0 Å². The number of nitrogens with one attached hydrogen (secondary N) is 2. The minimum atomic E-state index is -0.762. The second kappa shape index (κ2) is 7.48. The van der Waals surface area contributed by atoms with Gasteiger partial charge in [0.05, 0.1) is 11.7 Å². The number of rotatable bonds is 5. The first-order valence-electron chi connectivity index (χ1n) is 8.35. The van der Waals surface area contributed by atoms with E-state index in [1.807, 2.05) is 55.1 Å². The summed E-state index contributed by atoms with van der Waals surface area (Å²) in [6, 6.07) is 8.87. The molecule has 1 saturated heterocycles. The van der Waals surface area contributed by atoms with Gasteiger partial charge in [0.15, 0.2) is 6.10 Å². The molecule has 0 radical (unpaired) electrons. The van der Waals surface area contributed by atoms with Gasteiger partial charge < -0.3 is 15.4 Å². The zero-order valence-electron chi connectivity index (χ0n) is 14.4. The van der Waals surface area contributed by atoms with E-state index in [1.165, 1.54) is 0 Å². The van der Waals surface area contributed by atoms with Gasteiger partial charge in [0.1, 0.15) is 6.61 Å². The summed E-state index contributed by atoms with van der Waals surface area (Å²) in [6.45, 7) is 4.96. The number of morpholine rings is 1. The smallest absolute Gasteiger partial charge is 0.251 e. The first kappa shape index (κ1) is 17.2. The topological polar surface area (TPSA) is 85.2 Å². The second-order valence-corrected chi connectivity index (χ2v) is 6.00. The second-order valence-electron chi connectivity index (χ2n) is 6.00. The molecule has 0 saturated carbocycles. The Morgan fingerprint density at radius 2 is 2.16 bits per heavy atom. The molecular formula is C18H22N4O3. The van der Waals surface area contributed by atoms with E-state index in [2.05, 4.69) is 15.7 Å². The highest BCUT2D eigenvalue weighted by atomic mass is 16.5. The van der Waals surface area contributed by atoms with Crippen LogP contribution >= 0.6 is 0 Å². The minimum absolute atomic E-state index is 0.117. The number of nitrogens with zero attached hydrogens (tertiary/aromatic N) is 2. The van der Waals surface area contributed by atoms with Gasteiger partial charge in [0, 0.05) is 24.8 Å². The third-order valence-electron chi connectivity index (χ3n) is 4.26. The molecule has 25 heavy (non-hydrogen) atoms. The lowest BCUT2D eigenvalue weighted by atomic mass is 9.99. The van der Waals surface area contributed by atoms with E-state index in [9.17, 15) is 9.59 Å². The molecule has 1 aliphatic rings. The fourth-order valence-electron chi connectivity index (χ4n) is 2.88. The molecular weight excluding hydrogens is 320 g/mol. The van der Waals surface area contributed by atoms with Crippen molar-refractivity contribution in [1.29, 1.82) is 0 Å². The summed E-state index contributed by atoms with van der Waals surface area (Å²) in [6.07, 6.45) is 1.16. The maximum Gasteiger partial charge on any atom is 0.251 e. The van der Waals surface area contributed by atoms with Crippen LogP contribution in [0.5, 0.6) is 0 Å². The Hall–Kier alpha value is -2.67. The van der Waals surface area contributed by atoms with Crippen LogP contribution in [-0.4, -0.2) is 34.3 Å². The number of amides is 2. The van der Waals surface area contributed by atoms with E-state index in [0.717, 1.165) is 23.4 Å². The molecule has 7 nitrogen and oxygen atoms in total. The Morgan fingerprint density at radius 1 is 1.40 bits per heavy atom. The molecule has 0 spiro atoms. The van der Waals surface area contributed by atoms with E-state index in [1.54, 1.807) is 0 Å². The Morgan fingerprint density at radius 3 is 2.84 bits per heavy atom.